The molecule has 22 heavy (non-hydrogen) atoms. The first kappa shape index (κ1) is 16.2. The summed E-state index contributed by atoms with van der Waals surface area (Å²) in [6.45, 7) is 0.796. The highest BCUT2D eigenvalue weighted by Crippen LogP contribution is 2.37. The van der Waals surface area contributed by atoms with Crippen LogP contribution in [-0.4, -0.2) is 43.0 Å². The molecule has 2 rings (SSSR count). The van der Waals surface area contributed by atoms with E-state index in [4.69, 9.17) is 0 Å². The highest BCUT2D eigenvalue weighted by molar-refractivity contribution is 6.00. The molecule has 1 N–H and O–H groups in total. The third-order valence-electron chi connectivity index (χ3n) is 3.33. The number of alkyl halides is 3. The number of pyridine rings is 1. The summed E-state index contributed by atoms with van der Waals surface area (Å²) < 4.78 is 40.3. The van der Waals surface area contributed by atoms with Crippen LogP contribution in [0.4, 0.5) is 13.2 Å². The van der Waals surface area contributed by atoms with Crippen molar-refractivity contribution < 1.29 is 18.0 Å². The molecule has 0 unspecified atom stereocenters. The number of likely N-dealkylation sites (N-methyl/N-ethyl adjacent to an activating group) is 2. The Morgan fingerprint density at radius 2 is 2.00 bits per heavy atom. The van der Waals surface area contributed by atoms with Crippen molar-refractivity contribution in [3.63, 3.8) is 0 Å². The van der Waals surface area contributed by atoms with E-state index in [2.05, 4.69) is 10.3 Å². The van der Waals surface area contributed by atoms with Crippen LogP contribution in [0.5, 0.6) is 0 Å². The molecule has 0 atom stereocenters. The van der Waals surface area contributed by atoms with E-state index in [0.29, 0.717) is 13.1 Å². The molecule has 0 saturated carbocycles. The molecule has 7 heteroatoms. The molecule has 0 aliphatic rings. The molecule has 1 aromatic carbocycles. The van der Waals surface area contributed by atoms with Crippen LogP contribution < -0.4 is 5.32 Å². The summed E-state index contributed by atoms with van der Waals surface area (Å²) in [7, 11) is 3.17. The van der Waals surface area contributed by atoms with Crippen LogP contribution in [0.25, 0.3) is 10.9 Å². The van der Waals surface area contributed by atoms with Gasteiger partial charge in [-0.15, -0.1) is 0 Å². The normalized spacial score (nSPS) is 11.7. The lowest BCUT2D eigenvalue weighted by atomic mass is 10.0. The molecule has 0 saturated heterocycles. The fourth-order valence-electron chi connectivity index (χ4n) is 2.20. The Morgan fingerprint density at radius 1 is 1.32 bits per heavy atom. The second-order valence-corrected chi connectivity index (χ2v) is 4.89. The fraction of sp³-hybridized carbons (Fsp3) is 0.333. The van der Waals surface area contributed by atoms with Gasteiger partial charge in [0.05, 0.1) is 16.6 Å². The summed E-state index contributed by atoms with van der Waals surface area (Å²) in [4.78, 5) is 17.5. The number of fused-ring (bicyclic) bond motifs is 1. The van der Waals surface area contributed by atoms with Crippen LogP contribution in [0, 0.1) is 0 Å². The minimum absolute atomic E-state index is 0.0668. The molecule has 0 spiro atoms. The molecule has 0 radical (unpaired) electrons. The van der Waals surface area contributed by atoms with Gasteiger partial charge in [-0.05, 0) is 13.1 Å². The molecule has 0 aliphatic heterocycles. The van der Waals surface area contributed by atoms with Crippen LogP contribution in [0.3, 0.4) is 0 Å². The van der Waals surface area contributed by atoms with Crippen molar-refractivity contribution in [3.8, 4) is 0 Å². The number of nitrogens with one attached hydrogen (secondary N) is 1. The Labute approximate surface area is 125 Å². The van der Waals surface area contributed by atoms with Crippen LogP contribution >= 0.6 is 0 Å². The smallest absolute Gasteiger partial charge is 0.340 e. The van der Waals surface area contributed by atoms with Crippen LogP contribution in [0.15, 0.2) is 30.5 Å². The van der Waals surface area contributed by atoms with Crippen molar-refractivity contribution in [2.45, 2.75) is 6.18 Å². The number of carbonyl (C=O) groups excluding carboxylic acids is 1. The highest BCUT2D eigenvalue weighted by atomic mass is 19.4. The Kier molecular flexibility index (Phi) is 4.65. The Morgan fingerprint density at radius 3 is 2.64 bits per heavy atom. The number of halogens is 3. The lowest BCUT2D eigenvalue weighted by molar-refractivity contribution is -0.136. The largest absolute Gasteiger partial charge is 0.417 e. The number of para-hydroxylation sites is 1. The predicted octanol–water partition coefficient (Wildman–Crippen LogP) is 2.55. The topological polar surface area (TPSA) is 45.2 Å². The summed E-state index contributed by atoms with van der Waals surface area (Å²) in [5.74, 6) is -0.694. The third kappa shape index (κ3) is 3.19. The monoisotopic (exact) mass is 311 g/mol. The standard InChI is InChI=1S/C15H16F3N3O/c1-19-7-8-21(2)14(22)11-9-20-12-6-4-3-5-10(12)13(11)15(16,17)18/h3-6,9,19H,7-8H2,1-2H3. The number of hydrogen-bond acceptors (Lipinski definition) is 3. The van der Waals surface area contributed by atoms with Crippen molar-refractivity contribution in [1.29, 1.82) is 0 Å². The van der Waals surface area contributed by atoms with Gasteiger partial charge in [0.1, 0.15) is 0 Å². The molecule has 0 fully saturated rings. The second-order valence-electron chi connectivity index (χ2n) is 4.89. The molecule has 118 valence electrons. The lowest BCUT2D eigenvalue weighted by Crippen LogP contribution is -2.34. The maximum atomic E-state index is 13.4. The molecule has 4 nitrogen and oxygen atoms in total. The van der Waals surface area contributed by atoms with Crippen molar-refractivity contribution >= 4 is 16.8 Å². The van der Waals surface area contributed by atoms with Gasteiger partial charge in [-0.1, -0.05) is 18.2 Å². The summed E-state index contributed by atoms with van der Waals surface area (Å²) in [5.41, 5.74) is -1.14. The number of aromatic nitrogens is 1. The average Bonchev–Trinajstić information content (AvgIpc) is 2.49. The molecular weight excluding hydrogens is 295 g/mol. The lowest BCUT2D eigenvalue weighted by Gasteiger charge is -2.20. The SMILES string of the molecule is CNCCN(C)C(=O)c1cnc2ccccc2c1C(F)(F)F. The van der Waals surface area contributed by atoms with Crippen molar-refractivity contribution in [2.24, 2.45) is 0 Å². The van der Waals surface area contributed by atoms with Gasteiger partial charge in [0.15, 0.2) is 0 Å². The van der Waals surface area contributed by atoms with E-state index >= 15 is 0 Å². The van der Waals surface area contributed by atoms with Gasteiger partial charge in [-0.3, -0.25) is 9.78 Å². The van der Waals surface area contributed by atoms with E-state index < -0.39 is 23.2 Å². The maximum absolute atomic E-state index is 13.4. The zero-order valence-corrected chi connectivity index (χ0v) is 12.2. The Bertz CT molecular complexity index is 685. The van der Waals surface area contributed by atoms with Gasteiger partial charge in [0, 0.05) is 31.7 Å². The van der Waals surface area contributed by atoms with E-state index in [-0.39, 0.29) is 10.9 Å². The summed E-state index contributed by atoms with van der Waals surface area (Å²) in [6.07, 6.45) is -3.62. The first-order valence-electron chi connectivity index (χ1n) is 6.71. The van der Waals surface area contributed by atoms with Gasteiger partial charge >= 0.3 is 6.18 Å². The number of carbonyl (C=O) groups is 1. The fourth-order valence-corrected chi connectivity index (χ4v) is 2.20. The van der Waals surface area contributed by atoms with Crippen molar-refractivity contribution in [3.05, 3.63) is 41.6 Å². The van der Waals surface area contributed by atoms with Gasteiger partial charge in [-0.2, -0.15) is 13.2 Å². The number of amides is 1. The molecule has 2 aromatic rings. The van der Waals surface area contributed by atoms with Gasteiger partial charge in [0.25, 0.3) is 5.91 Å². The average molecular weight is 311 g/mol. The zero-order chi connectivity index (χ0) is 16.3. The number of benzene rings is 1. The van der Waals surface area contributed by atoms with Crippen LogP contribution in [-0.2, 0) is 6.18 Å². The molecule has 1 amide bonds. The molecular formula is C15H16F3N3O. The summed E-state index contributed by atoms with van der Waals surface area (Å²) in [6, 6.07) is 5.92. The second kappa shape index (κ2) is 6.31. The zero-order valence-electron chi connectivity index (χ0n) is 12.2. The van der Waals surface area contributed by atoms with E-state index in [1.807, 2.05) is 0 Å². The van der Waals surface area contributed by atoms with Crippen molar-refractivity contribution in [1.82, 2.24) is 15.2 Å². The van der Waals surface area contributed by atoms with Crippen LogP contribution in [0.2, 0.25) is 0 Å². The summed E-state index contributed by atoms with van der Waals surface area (Å²) in [5, 5.41) is 2.78. The summed E-state index contributed by atoms with van der Waals surface area (Å²) >= 11 is 0. The van der Waals surface area contributed by atoms with E-state index in [0.717, 1.165) is 6.20 Å². The van der Waals surface area contributed by atoms with Gasteiger partial charge in [0.2, 0.25) is 0 Å². The van der Waals surface area contributed by atoms with E-state index in [1.54, 1.807) is 13.1 Å². The molecule has 1 aromatic heterocycles. The van der Waals surface area contributed by atoms with Gasteiger partial charge < -0.3 is 10.2 Å². The quantitative estimate of drug-likeness (QED) is 0.944. The predicted molar refractivity (Wildman–Crippen MR) is 77.6 cm³/mol. The first-order valence-corrected chi connectivity index (χ1v) is 6.71. The minimum atomic E-state index is -4.63. The molecule has 0 aliphatic carbocycles. The van der Waals surface area contributed by atoms with E-state index in [9.17, 15) is 18.0 Å². The van der Waals surface area contributed by atoms with Gasteiger partial charge in [-0.25, -0.2) is 0 Å². The van der Waals surface area contributed by atoms with Crippen molar-refractivity contribution in [2.75, 3.05) is 27.2 Å². The molecule has 0 bridgehead atoms. The number of nitrogens with zero attached hydrogens (tertiary/aromatic N) is 2. The highest BCUT2D eigenvalue weighted by Gasteiger charge is 2.38. The van der Waals surface area contributed by atoms with E-state index in [1.165, 1.54) is 30.1 Å². The Balaban J connectivity index is 2.56. The third-order valence-corrected chi connectivity index (χ3v) is 3.33. The Hall–Kier alpha value is -2.15. The first-order chi connectivity index (χ1) is 10.4. The minimum Gasteiger partial charge on any atom is -0.340 e. The number of hydrogen-bond donors (Lipinski definition) is 1. The molecule has 1 heterocycles. The maximum Gasteiger partial charge on any atom is 0.417 e. The van der Waals surface area contributed by atoms with Crippen LogP contribution in [0.1, 0.15) is 15.9 Å². The number of rotatable bonds is 4.